The smallest absolute Gasteiger partial charge is 0.243 e. The van der Waals surface area contributed by atoms with Crippen molar-refractivity contribution in [1.82, 2.24) is 9.21 Å². The zero-order valence-electron chi connectivity index (χ0n) is 15.8. The first kappa shape index (κ1) is 18.5. The molecule has 0 amide bonds. The number of methoxy groups -OCH3 is 1. The van der Waals surface area contributed by atoms with Gasteiger partial charge in [0.15, 0.2) is 0 Å². The van der Waals surface area contributed by atoms with E-state index < -0.39 is 10.0 Å². The van der Waals surface area contributed by atoms with Crippen LogP contribution in [0.5, 0.6) is 5.75 Å². The molecule has 0 radical (unpaired) electrons. The van der Waals surface area contributed by atoms with Crippen LogP contribution in [0.3, 0.4) is 0 Å². The lowest BCUT2D eigenvalue weighted by Gasteiger charge is -2.30. The molecule has 5 nitrogen and oxygen atoms in total. The molecule has 3 fully saturated rings. The van der Waals surface area contributed by atoms with E-state index in [9.17, 15) is 8.42 Å². The van der Waals surface area contributed by atoms with Crippen LogP contribution in [0.15, 0.2) is 59.5 Å². The third-order valence-corrected chi connectivity index (χ3v) is 9.51. The number of thioether (sulfide) groups is 1. The maximum absolute atomic E-state index is 13.1. The largest absolute Gasteiger partial charge is 0.497 e. The third kappa shape index (κ3) is 2.96. The van der Waals surface area contributed by atoms with Crippen LogP contribution in [-0.2, 0) is 10.0 Å². The predicted octanol–water partition coefficient (Wildman–Crippen LogP) is 3.20. The number of sulfonamides is 1. The number of nitrogens with zero attached hydrogens (tertiary/aromatic N) is 2. The Balaban J connectivity index is 1.38. The average Bonchev–Trinajstić information content (AvgIpc) is 3.40. The molecule has 3 saturated heterocycles. The molecular formula is C21H24N2O3S2. The molecule has 0 bridgehead atoms. The molecule has 3 heterocycles. The van der Waals surface area contributed by atoms with Gasteiger partial charge in [-0.3, -0.25) is 4.90 Å². The number of hydrogen-bond donors (Lipinski definition) is 0. The van der Waals surface area contributed by atoms with E-state index in [1.807, 2.05) is 30.0 Å². The van der Waals surface area contributed by atoms with Crippen LogP contribution in [0.2, 0.25) is 0 Å². The van der Waals surface area contributed by atoms with Crippen molar-refractivity contribution < 1.29 is 13.2 Å². The molecule has 0 unspecified atom stereocenters. The van der Waals surface area contributed by atoms with Gasteiger partial charge >= 0.3 is 0 Å². The lowest BCUT2D eigenvalue weighted by Crippen LogP contribution is -2.39. The summed E-state index contributed by atoms with van der Waals surface area (Å²) in [5.74, 6) is 2.41. The second-order valence-corrected chi connectivity index (χ2v) is 10.8. The van der Waals surface area contributed by atoms with Crippen LogP contribution < -0.4 is 4.74 Å². The Hall–Kier alpha value is -1.54. The molecule has 0 spiro atoms. The third-order valence-electron chi connectivity index (χ3n) is 6.25. The fraction of sp³-hybridized carbons (Fsp3) is 0.429. The van der Waals surface area contributed by atoms with Gasteiger partial charge in [0, 0.05) is 30.9 Å². The van der Waals surface area contributed by atoms with E-state index in [1.165, 1.54) is 5.56 Å². The average molecular weight is 417 g/mol. The first-order chi connectivity index (χ1) is 13.6. The van der Waals surface area contributed by atoms with Crippen LogP contribution in [0.4, 0.5) is 0 Å². The first-order valence-corrected chi connectivity index (χ1v) is 12.1. The van der Waals surface area contributed by atoms with E-state index >= 15 is 0 Å². The summed E-state index contributed by atoms with van der Waals surface area (Å²) in [6.45, 7) is 1.22. The number of rotatable bonds is 4. The van der Waals surface area contributed by atoms with Gasteiger partial charge in [0.2, 0.25) is 10.0 Å². The van der Waals surface area contributed by atoms with E-state index in [-0.39, 0.29) is 0 Å². The minimum absolute atomic E-state index is 0.297. The molecule has 0 aromatic heterocycles. The van der Waals surface area contributed by atoms with Crippen molar-refractivity contribution in [2.24, 2.45) is 5.92 Å². The molecule has 0 saturated carbocycles. The van der Waals surface area contributed by atoms with Gasteiger partial charge in [0.1, 0.15) is 5.75 Å². The Morgan fingerprint density at radius 2 is 1.79 bits per heavy atom. The van der Waals surface area contributed by atoms with Crippen molar-refractivity contribution in [2.75, 3.05) is 26.0 Å². The Bertz CT molecular complexity index is 949. The lowest BCUT2D eigenvalue weighted by atomic mass is 10.0. The zero-order chi connectivity index (χ0) is 19.3. The monoisotopic (exact) mass is 416 g/mol. The summed E-state index contributed by atoms with van der Waals surface area (Å²) in [6, 6.07) is 18.0. The van der Waals surface area contributed by atoms with Gasteiger partial charge in [0.05, 0.1) is 17.4 Å². The highest BCUT2D eigenvalue weighted by Crippen LogP contribution is 2.52. The van der Waals surface area contributed by atoms with Crippen LogP contribution in [0.25, 0.3) is 0 Å². The molecule has 3 aliphatic heterocycles. The number of hydrogen-bond acceptors (Lipinski definition) is 5. The molecule has 148 valence electrons. The Labute approximate surface area is 170 Å². The Morgan fingerprint density at radius 1 is 1.04 bits per heavy atom. The topological polar surface area (TPSA) is 49.9 Å². The van der Waals surface area contributed by atoms with Crippen LogP contribution in [0.1, 0.15) is 17.4 Å². The molecule has 2 aromatic rings. The summed E-state index contributed by atoms with van der Waals surface area (Å²) in [6.07, 6.45) is 1.09. The minimum Gasteiger partial charge on any atom is -0.497 e. The maximum atomic E-state index is 13.1. The van der Waals surface area contributed by atoms with E-state index in [0.29, 0.717) is 41.4 Å². The summed E-state index contributed by atoms with van der Waals surface area (Å²) in [5, 5.41) is 0.297. The quantitative estimate of drug-likeness (QED) is 0.766. The van der Waals surface area contributed by atoms with E-state index in [0.717, 1.165) is 17.9 Å². The molecule has 7 heteroatoms. The molecule has 5 rings (SSSR count). The van der Waals surface area contributed by atoms with Gasteiger partial charge in [-0.2, -0.15) is 4.31 Å². The molecule has 0 aliphatic carbocycles. The number of benzene rings is 2. The van der Waals surface area contributed by atoms with Gasteiger partial charge in [0.25, 0.3) is 0 Å². The molecule has 0 N–H and O–H groups in total. The van der Waals surface area contributed by atoms with E-state index in [2.05, 4.69) is 17.0 Å². The van der Waals surface area contributed by atoms with Gasteiger partial charge in [-0.15, -0.1) is 11.8 Å². The molecular weight excluding hydrogens is 392 g/mol. The molecule has 4 atom stereocenters. The zero-order valence-corrected chi connectivity index (χ0v) is 17.4. The van der Waals surface area contributed by atoms with E-state index in [4.69, 9.17) is 4.74 Å². The summed E-state index contributed by atoms with van der Waals surface area (Å²) >= 11 is 1.97. The fourth-order valence-corrected chi connectivity index (χ4v) is 8.01. The Kier molecular flexibility index (Phi) is 4.66. The van der Waals surface area contributed by atoms with Gasteiger partial charge in [-0.05, 0) is 42.2 Å². The van der Waals surface area contributed by atoms with Crippen LogP contribution in [-0.4, -0.2) is 55.7 Å². The van der Waals surface area contributed by atoms with Crippen molar-refractivity contribution in [3.05, 3.63) is 60.2 Å². The number of ether oxygens (including phenoxy) is 1. The summed E-state index contributed by atoms with van der Waals surface area (Å²) in [7, 11) is -1.74. The van der Waals surface area contributed by atoms with Crippen molar-refractivity contribution in [3.63, 3.8) is 0 Å². The van der Waals surface area contributed by atoms with Crippen molar-refractivity contribution >= 4 is 21.8 Å². The van der Waals surface area contributed by atoms with Gasteiger partial charge in [-0.25, -0.2) is 8.42 Å². The van der Waals surface area contributed by atoms with Gasteiger partial charge in [-0.1, -0.05) is 30.3 Å². The van der Waals surface area contributed by atoms with Gasteiger partial charge < -0.3 is 4.74 Å². The van der Waals surface area contributed by atoms with Crippen LogP contribution >= 0.6 is 11.8 Å². The first-order valence-electron chi connectivity index (χ1n) is 9.66. The summed E-state index contributed by atoms with van der Waals surface area (Å²) in [5.41, 5.74) is 1.28. The maximum Gasteiger partial charge on any atom is 0.243 e. The van der Waals surface area contributed by atoms with E-state index in [1.54, 1.807) is 35.7 Å². The predicted molar refractivity (Wildman–Crippen MR) is 111 cm³/mol. The highest BCUT2D eigenvalue weighted by atomic mass is 32.2. The van der Waals surface area contributed by atoms with Crippen molar-refractivity contribution in [1.29, 1.82) is 0 Å². The summed E-state index contributed by atoms with van der Waals surface area (Å²) in [4.78, 5) is 2.98. The van der Waals surface area contributed by atoms with Crippen molar-refractivity contribution in [2.45, 2.75) is 28.8 Å². The lowest BCUT2D eigenvalue weighted by molar-refractivity contribution is 0.198. The highest BCUT2D eigenvalue weighted by Gasteiger charge is 2.53. The molecule has 2 aromatic carbocycles. The minimum atomic E-state index is -3.42. The second kappa shape index (κ2) is 7.06. The SMILES string of the molecule is COc1ccc([C@H]2SC[C@@H]3C[C@H]4CN(S(=O)(=O)c5ccccc5)C[C@H]4N32)cc1. The summed E-state index contributed by atoms with van der Waals surface area (Å²) < 4.78 is 33.1. The standard InChI is InChI=1S/C21H24N2O3S2/c1-26-18-9-7-15(8-10-18)21-23-17(14-27-21)11-16-12-22(13-20(16)23)28(24,25)19-5-3-2-4-6-19/h2-10,16-17,20-21H,11-14H2,1H3/t16-,17-,20+,21+/m0/s1. The molecule has 28 heavy (non-hydrogen) atoms. The number of fused-ring (bicyclic) bond motifs is 3. The fourth-order valence-electron chi connectivity index (χ4n) is 4.91. The Morgan fingerprint density at radius 3 is 2.50 bits per heavy atom. The van der Waals surface area contributed by atoms with Crippen LogP contribution in [0, 0.1) is 5.92 Å². The normalized spacial score (nSPS) is 30.3. The van der Waals surface area contributed by atoms with Crippen molar-refractivity contribution in [3.8, 4) is 5.75 Å². The highest BCUT2D eigenvalue weighted by molar-refractivity contribution is 7.99. The molecule has 3 aliphatic rings. The second-order valence-electron chi connectivity index (χ2n) is 7.76.